The molecule has 0 aliphatic carbocycles. The molecule has 148 valence electrons. The van der Waals surface area contributed by atoms with Crippen LogP contribution in [0.15, 0.2) is 61.1 Å². The SMILES string of the molecule is FC(F)(F)c1cc(CCc2ccc(Cc3c[nH]c4ncccc34)cn2)ccc1Cl. The molecule has 4 rings (SSSR count). The average molecular weight is 416 g/mol. The van der Waals surface area contributed by atoms with Gasteiger partial charge in [-0.05, 0) is 59.9 Å². The molecule has 0 radical (unpaired) electrons. The van der Waals surface area contributed by atoms with Crippen molar-refractivity contribution in [3.8, 4) is 0 Å². The van der Waals surface area contributed by atoms with Crippen LogP contribution in [-0.4, -0.2) is 15.0 Å². The number of nitrogens with zero attached hydrogens (tertiary/aromatic N) is 2. The lowest BCUT2D eigenvalue weighted by molar-refractivity contribution is -0.137. The van der Waals surface area contributed by atoms with Crippen molar-refractivity contribution < 1.29 is 13.2 Å². The van der Waals surface area contributed by atoms with Crippen molar-refractivity contribution in [1.82, 2.24) is 15.0 Å². The summed E-state index contributed by atoms with van der Waals surface area (Å²) in [5, 5.41) is 0.802. The lowest BCUT2D eigenvalue weighted by atomic mass is 10.0. The number of benzene rings is 1. The minimum absolute atomic E-state index is 0.281. The van der Waals surface area contributed by atoms with E-state index in [-0.39, 0.29) is 5.02 Å². The Hall–Kier alpha value is -2.86. The Labute approximate surface area is 170 Å². The van der Waals surface area contributed by atoms with Crippen LogP contribution in [0.2, 0.25) is 5.02 Å². The zero-order valence-corrected chi connectivity index (χ0v) is 16.1. The molecule has 3 heterocycles. The molecule has 0 aliphatic heterocycles. The average Bonchev–Trinajstić information content (AvgIpc) is 3.10. The van der Waals surface area contributed by atoms with Crippen molar-refractivity contribution in [3.05, 3.63) is 94.0 Å². The molecule has 1 aromatic carbocycles. The summed E-state index contributed by atoms with van der Waals surface area (Å²) in [5.74, 6) is 0. The fourth-order valence-electron chi connectivity index (χ4n) is 3.30. The number of nitrogens with one attached hydrogen (secondary N) is 1. The topological polar surface area (TPSA) is 41.6 Å². The van der Waals surface area contributed by atoms with Crippen LogP contribution in [0.3, 0.4) is 0 Å². The highest BCUT2D eigenvalue weighted by molar-refractivity contribution is 6.31. The molecule has 3 aromatic heterocycles. The fraction of sp³-hybridized carbons (Fsp3) is 0.182. The van der Waals surface area contributed by atoms with Crippen molar-refractivity contribution in [1.29, 1.82) is 0 Å². The van der Waals surface area contributed by atoms with Gasteiger partial charge in [0, 0.05) is 36.1 Å². The Bertz CT molecular complexity index is 1130. The van der Waals surface area contributed by atoms with Gasteiger partial charge in [-0.3, -0.25) is 4.98 Å². The van der Waals surface area contributed by atoms with E-state index in [1.165, 1.54) is 6.07 Å². The van der Waals surface area contributed by atoms with Gasteiger partial charge in [0.2, 0.25) is 0 Å². The van der Waals surface area contributed by atoms with Gasteiger partial charge in [-0.1, -0.05) is 23.7 Å². The molecule has 0 atom stereocenters. The van der Waals surface area contributed by atoms with E-state index >= 15 is 0 Å². The zero-order valence-electron chi connectivity index (χ0n) is 15.3. The molecule has 0 amide bonds. The van der Waals surface area contributed by atoms with Gasteiger partial charge in [0.25, 0.3) is 0 Å². The highest BCUT2D eigenvalue weighted by Crippen LogP contribution is 2.35. The minimum atomic E-state index is -4.45. The number of halogens is 4. The van der Waals surface area contributed by atoms with Crippen LogP contribution >= 0.6 is 11.6 Å². The van der Waals surface area contributed by atoms with Crippen LogP contribution in [0.4, 0.5) is 13.2 Å². The van der Waals surface area contributed by atoms with Gasteiger partial charge in [-0.15, -0.1) is 0 Å². The van der Waals surface area contributed by atoms with E-state index in [1.54, 1.807) is 12.3 Å². The van der Waals surface area contributed by atoms with Crippen molar-refractivity contribution in [2.24, 2.45) is 0 Å². The van der Waals surface area contributed by atoms with E-state index in [0.717, 1.165) is 40.3 Å². The monoisotopic (exact) mass is 415 g/mol. The second kappa shape index (κ2) is 7.87. The summed E-state index contributed by atoms with van der Waals surface area (Å²) in [7, 11) is 0. The van der Waals surface area contributed by atoms with Crippen molar-refractivity contribution in [2.75, 3.05) is 0 Å². The first-order valence-electron chi connectivity index (χ1n) is 9.10. The highest BCUT2D eigenvalue weighted by Gasteiger charge is 2.33. The first kappa shape index (κ1) is 19.5. The van der Waals surface area contributed by atoms with Crippen LogP contribution in [0.5, 0.6) is 0 Å². The Kier molecular flexibility index (Phi) is 5.28. The summed E-state index contributed by atoms with van der Waals surface area (Å²) in [6, 6.07) is 11.9. The predicted molar refractivity (Wildman–Crippen MR) is 107 cm³/mol. The maximum atomic E-state index is 13.0. The van der Waals surface area contributed by atoms with Gasteiger partial charge >= 0.3 is 6.18 Å². The van der Waals surface area contributed by atoms with Crippen LogP contribution in [0.1, 0.15) is 27.9 Å². The first-order valence-corrected chi connectivity index (χ1v) is 9.48. The molecule has 0 saturated heterocycles. The zero-order chi connectivity index (χ0) is 20.4. The van der Waals surface area contributed by atoms with Crippen molar-refractivity contribution in [2.45, 2.75) is 25.4 Å². The highest BCUT2D eigenvalue weighted by atomic mass is 35.5. The number of hydrogen-bond acceptors (Lipinski definition) is 2. The number of rotatable bonds is 5. The fourth-order valence-corrected chi connectivity index (χ4v) is 3.53. The molecule has 0 saturated carbocycles. The third-order valence-corrected chi connectivity index (χ3v) is 5.15. The summed E-state index contributed by atoms with van der Waals surface area (Å²) in [4.78, 5) is 11.9. The molecule has 0 bridgehead atoms. The van der Waals surface area contributed by atoms with Crippen molar-refractivity contribution >= 4 is 22.6 Å². The minimum Gasteiger partial charge on any atom is -0.346 e. The standard InChI is InChI=1S/C22H17ClF3N3/c23-20-8-5-14(11-19(20)22(24,25)26)3-6-17-7-4-15(12-28-17)10-16-13-29-21-18(16)2-1-9-27-21/h1-2,4-5,7-9,11-13H,3,6,10H2,(H,27,29). The largest absolute Gasteiger partial charge is 0.417 e. The summed E-state index contributed by atoms with van der Waals surface area (Å²) in [5.41, 5.74) is 3.67. The maximum absolute atomic E-state index is 13.0. The molecule has 1 N–H and O–H groups in total. The Morgan fingerprint density at radius 2 is 1.79 bits per heavy atom. The number of aryl methyl sites for hydroxylation is 2. The van der Waals surface area contributed by atoms with Gasteiger partial charge in [0.15, 0.2) is 0 Å². The summed E-state index contributed by atoms with van der Waals surface area (Å²) in [6.07, 6.45) is 2.79. The molecule has 0 aliphatic rings. The molecule has 3 nitrogen and oxygen atoms in total. The van der Waals surface area contributed by atoms with E-state index in [1.807, 2.05) is 36.7 Å². The number of fused-ring (bicyclic) bond motifs is 1. The Morgan fingerprint density at radius 1 is 0.966 bits per heavy atom. The van der Waals surface area contributed by atoms with Crippen LogP contribution in [0.25, 0.3) is 11.0 Å². The van der Waals surface area contributed by atoms with Gasteiger partial charge in [0.05, 0.1) is 10.6 Å². The van der Waals surface area contributed by atoms with Crippen LogP contribution < -0.4 is 0 Å². The normalized spacial score (nSPS) is 11.9. The van der Waals surface area contributed by atoms with E-state index < -0.39 is 11.7 Å². The van der Waals surface area contributed by atoms with Gasteiger partial charge in [0.1, 0.15) is 5.65 Å². The summed E-state index contributed by atoms with van der Waals surface area (Å²) in [6.45, 7) is 0. The molecule has 7 heteroatoms. The van der Waals surface area contributed by atoms with E-state index in [9.17, 15) is 13.2 Å². The lowest BCUT2D eigenvalue weighted by Gasteiger charge is -2.11. The van der Waals surface area contributed by atoms with E-state index in [0.29, 0.717) is 18.4 Å². The Balaban J connectivity index is 1.42. The third-order valence-electron chi connectivity index (χ3n) is 4.82. The van der Waals surface area contributed by atoms with Gasteiger partial charge < -0.3 is 4.98 Å². The maximum Gasteiger partial charge on any atom is 0.417 e. The second-order valence-electron chi connectivity index (χ2n) is 6.86. The second-order valence-corrected chi connectivity index (χ2v) is 7.27. The molecule has 0 spiro atoms. The molecule has 0 fully saturated rings. The molecule has 0 unspecified atom stereocenters. The summed E-state index contributed by atoms with van der Waals surface area (Å²) >= 11 is 5.67. The van der Waals surface area contributed by atoms with Crippen LogP contribution in [0, 0.1) is 0 Å². The molecule has 4 aromatic rings. The lowest BCUT2D eigenvalue weighted by Crippen LogP contribution is -2.07. The number of hydrogen-bond donors (Lipinski definition) is 1. The molecular weight excluding hydrogens is 399 g/mol. The Morgan fingerprint density at radius 3 is 2.55 bits per heavy atom. The smallest absolute Gasteiger partial charge is 0.346 e. The van der Waals surface area contributed by atoms with Gasteiger partial charge in [-0.2, -0.15) is 13.2 Å². The van der Waals surface area contributed by atoms with E-state index in [4.69, 9.17) is 11.6 Å². The van der Waals surface area contributed by atoms with Crippen molar-refractivity contribution in [3.63, 3.8) is 0 Å². The van der Waals surface area contributed by atoms with Crippen LogP contribution in [-0.2, 0) is 25.4 Å². The number of H-pyrrole nitrogens is 1. The molecule has 29 heavy (non-hydrogen) atoms. The molecular formula is C22H17ClF3N3. The number of aromatic nitrogens is 3. The predicted octanol–water partition coefficient (Wildman–Crippen LogP) is 6.01. The third kappa shape index (κ3) is 4.43. The van der Waals surface area contributed by atoms with Gasteiger partial charge in [-0.25, -0.2) is 4.98 Å². The quantitative estimate of drug-likeness (QED) is 0.434. The number of alkyl halides is 3. The summed E-state index contributed by atoms with van der Waals surface area (Å²) < 4.78 is 39.0. The first-order chi connectivity index (χ1) is 13.9. The number of aromatic amines is 1. The van der Waals surface area contributed by atoms with E-state index in [2.05, 4.69) is 15.0 Å². The number of pyridine rings is 2.